The van der Waals surface area contributed by atoms with Crippen molar-refractivity contribution in [3.63, 3.8) is 0 Å². The maximum absolute atomic E-state index is 11.0. The van der Waals surface area contributed by atoms with E-state index in [1.54, 1.807) is 12.1 Å². The van der Waals surface area contributed by atoms with Gasteiger partial charge in [0.15, 0.2) is 5.65 Å². The molecule has 0 aliphatic rings. The molecule has 0 unspecified atom stereocenters. The van der Waals surface area contributed by atoms with Crippen molar-refractivity contribution in [3.05, 3.63) is 33.3 Å². The molecule has 0 radical (unpaired) electrons. The number of hydrogen-bond acceptors (Lipinski definition) is 2. The van der Waals surface area contributed by atoms with E-state index in [1.807, 2.05) is 6.07 Å². The van der Waals surface area contributed by atoms with Crippen LogP contribution in [0.1, 0.15) is 0 Å². The minimum absolute atomic E-state index is 0.229. The summed E-state index contributed by atoms with van der Waals surface area (Å²) in [6.45, 7) is 0. The molecule has 1 N–H and O–H groups in total. The molecule has 2 aromatic heterocycles. The molecule has 56 valence electrons. The van der Waals surface area contributed by atoms with Gasteiger partial charge in [-0.25, -0.2) is 14.3 Å². The van der Waals surface area contributed by atoms with Gasteiger partial charge in [-0.3, -0.25) is 0 Å². The Bertz CT molecular complexity index is 444. The van der Waals surface area contributed by atoms with Crippen LogP contribution in [0.25, 0.3) is 5.65 Å². The van der Waals surface area contributed by atoms with Crippen LogP contribution in [0.5, 0.6) is 0 Å². The first kappa shape index (κ1) is 6.60. The van der Waals surface area contributed by atoms with E-state index in [2.05, 4.69) is 26.1 Å². The summed E-state index contributed by atoms with van der Waals surface area (Å²) >= 11 is 3.23. The fourth-order valence-electron chi connectivity index (χ4n) is 0.915. The summed E-state index contributed by atoms with van der Waals surface area (Å²) in [6.07, 6.45) is 0. The molecule has 0 atom stereocenters. The van der Waals surface area contributed by atoms with E-state index in [9.17, 15) is 4.79 Å². The van der Waals surface area contributed by atoms with Gasteiger partial charge in [-0.15, -0.1) is 0 Å². The number of halogens is 1. The van der Waals surface area contributed by atoms with Gasteiger partial charge in [0.25, 0.3) is 0 Å². The third-order valence-corrected chi connectivity index (χ3v) is 2.01. The lowest BCUT2D eigenvalue weighted by Crippen LogP contribution is -2.09. The molecule has 0 saturated heterocycles. The number of hydrogen-bond donors (Lipinski definition) is 1. The number of aromatic nitrogens is 3. The normalized spacial score (nSPS) is 10.6. The van der Waals surface area contributed by atoms with Crippen LogP contribution in [0.4, 0.5) is 0 Å². The predicted molar refractivity (Wildman–Crippen MR) is 43.5 cm³/mol. The van der Waals surface area contributed by atoms with Crippen molar-refractivity contribution in [3.8, 4) is 0 Å². The summed E-state index contributed by atoms with van der Waals surface area (Å²) in [5.74, 6) is 0. The Morgan fingerprint density at radius 2 is 2.36 bits per heavy atom. The Balaban J connectivity index is 3.08. The van der Waals surface area contributed by atoms with Crippen LogP contribution < -0.4 is 5.69 Å². The zero-order chi connectivity index (χ0) is 7.84. The summed E-state index contributed by atoms with van der Waals surface area (Å²) in [4.78, 5) is 11.0. The van der Waals surface area contributed by atoms with Gasteiger partial charge in [0, 0.05) is 0 Å². The highest BCUT2D eigenvalue weighted by Crippen LogP contribution is 2.07. The first-order chi connectivity index (χ1) is 5.29. The second kappa shape index (κ2) is 2.20. The highest BCUT2D eigenvalue weighted by molar-refractivity contribution is 9.10. The van der Waals surface area contributed by atoms with Crippen LogP contribution in [-0.4, -0.2) is 14.6 Å². The Morgan fingerprint density at radius 3 is 3.09 bits per heavy atom. The number of aromatic amines is 1. The topological polar surface area (TPSA) is 50.2 Å². The SMILES string of the molecule is O=c1[nH]nc2cccc(Br)n12. The van der Waals surface area contributed by atoms with Crippen molar-refractivity contribution in [1.29, 1.82) is 0 Å². The minimum Gasteiger partial charge on any atom is -0.246 e. The Morgan fingerprint density at radius 1 is 1.55 bits per heavy atom. The molecular formula is C6H4BrN3O. The van der Waals surface area contributed by atoms with Crippen LogP contribution >= 0.6 is 15.9 Å². The first-order valence-electron chi connectivity index (χ1n) is 3.01. The number of nitrogens with one attached hydrogen (secondary N) is 1. The summed E-state index contributed by atoms with van der Waals surface area (Å²) in [6, 6.07) is 5.35. The van der Waals surface area contributed by atoms with E-state index in [1.165, 1.54) is 4.40 Å². The summed E-state index contributed by atoms with van der Waals surface area (Å²) in [7, 11) is 0. The molecule has 11 heavy (non-hydrogen) atoms. The zero-order valence-electron chi connectivity index (χ0n) is 5.41. The largest absolute Gasteiger partial charge is 0.348 e. The van der Waals surface area contributed by atoms with E-state index in [4.69, 9.17) is 0 Å². The Kier molecular flexibility index (Phi) is 1.32. The average molecular weight is 214 g/mol. The van der Waals surface area contributed by atoms with Crippen molar-refractivity contribution in [2.45, 2.75) is 0 Å². The van der Waals surface area contributed by atoms with Crippen molar-refractivity contribution < 1.29 is 0 Å². The maximum atomic E-state index is 11.0. The zero-order valence-corrected chi connectivity index (χ0v) is 7.00. The number of H-pyrrole nitrogens is 1. The van der Waals surface area contributed by atoms with E-state index in [0.29, 0.717) is 10.3 Å². The van der Waals surface area contributed by atoms with Crippen LogP contribution in [0, 0.1) is 0 Å². The van der Waals surface area contributed by atoms with E-state index in [0.717, 1.165) is 0 Å². The molecule has 2 heterocycles. The molecule has 0 aliphatic heterocycles. The van der Waals surface area contributed by atoms with Crippen LogP contribution in [0.2, 0.25) is 0 Å². The van der Waals surface area contributed by atoms with Crippen molar-refractivity contribution >= 4 is 21.6 Å². The highest BCUT2D eigenvalue weighted by atomic mass is 79.9. The molecule has 0 amide bonds. The molecule has 4 nitrogen and oxygen atoms in total. The second-order valence-corrected chi connectivity index (χ2v) is 2.88. The van der Waals surface area contributed by atoms with Crippen LogP contribution in [0.3, 0.4) is 0 Å². The second-order valence-electron chi connectivity index (χ2n) is 2.07. The monoisotopic (exact) mass is 213 g/mol. The number of fused-ring (bicyclic) bond motifs is 1. The Labute approximate surface area is 70.0 Å². The minimum atomic E-state index is -0.229. The molecule has 0 saturated carbocycles. The molecule has 0 fully saturated rings. The van der Waals surface area contributed by atoms with Crippen molar-refractivity contribution in [1.82, 2.24) is 14.6 Å². The third-order valence-electron chi connectivity index (χ3n) is 1.39. The average Bonchev–Trinajstić information content (AvgIpc) is 2.34. The smallest absolute Gasteiger partial charge is 0.246 e. The lowest BCUT2D eigenvalue weighted by atomic mass is 10.5. The van der Waals surface area contributed by atoms with Gasteiger partial charge < -0.3 is 0 Å². The molecule has 0 spiro atoms. The molecule has 2 aromatic rings. The van der Waals surface area contributed by atoms with Gasteiger partial charge in [0.1, 0.15) is 0 Å². The van der Waals surface area contributed by atoms with E-state index >= 15 is 0 Å². The lowest BCUT2D eigenvalue weighted by molar-refractivity contribution is 1.01. The number of pyridine rings is 1. The first-order valence-corrected chi connectivity index (χ1v) is 3.80. The van der Waals surface area contributed by atoms with Crippen LogP contribution in [-0.2, 0) is 0 Å². The van der Waals surface area contributed by atoms with Crippen LogP contribution in [0.15, 0.2) is 27.6 Å². The van der Waals surface area contributed by atoms with E-state index in [-0.39, 0.29) is 5.69 Å². The molecular weight excluding hydrogens is 210 g/mol. The molecule has 2 rings (SSSR count). The standard InChI is InChI=1S/C6H4BrN3O/c7-4-2-1-3-5-8-9-6(11)10(4)5/h1-3H,(H,9,11). The fourth-order valence-corrected chi connectivity index (χ4v) is 1.41. The highest BCUT2D eigenvalue weighted by Gasteiger charge is 2.00. The van der Waals surface area contributed by atoms with Gasteiger partial charge in [-0.2, -0.15) is 5.10 Å². The van der Waals surface area contributed by atoms with Gasteiger partial charge in [-0.1, -0.05) is 6.07 Å². The maximum Gasteiger partial charge on any atom is 0.348 e. The van der Waals surface area contributed by atoms with E-state index < -0.39 is 0 Å². The van der Waals surface area contributed by atoms with Gasteiger partial charge in [0.05, 0.1) is 4.60 Å². The summed E-state index contributed by atoms with van der Waals surface area (Å²) in [5, 5.41) is 6.12. The molecule has 0 bridgehead atoms. The third kappa shape index (κ3) is 0.883. The van der Waals surface area contributed by atoms with Crippen molar-refractivity contribution in [2.75, 3.05) is 0 Å². The predicted octanol–water partition coefficient (Wildman–Crippen LogP) is 0.785. The molecule has 0 aromatic carbocycles. The molecule has 0 aliphatic carbocycles. The van der Waals surface area contributed by atoms with Gasteiger partial charge >= 0.3 is 5.69 Å². The van der Waals surface area contributed by atoms with Crippen molar-refractivity contribution in [2.24, 2.45) is 0 Å². The van der Waals surface area contributed by atoms with Gasteiger partial charge in [-0.05, 0) is 28.1 Å². The lowest BCUT2D eigenvalue weighted by Gasteiger charge is -1.91. The molecule has 5 heteroatoms. The summed E-state index contributed by atoms with van der Waals surface area (Å²) < 4.78 is 2.15. The van der Waals surface area contributed by atoms with Gasteiger partial charge in [0.2, 0.25) is 0 Å². The fraction of sp³-hybridized carbons (Fsp3) is 0. The summed E-state index contributed by atoms with van der Waals surface area (Å²) in [5.41, 5.74) is 0.386. The quantitative estimate of drug-likeness (QED) is 0.659. The number of rotatable bonds is 0. The Hall–Kier alpha value is -1.10. The number of nitrogens with zero attached hydrogens (tertiary/aromatic N) is 2.